The maximum Gasteiger partial charge on any atom is 0.338 e. The Hall–Kier alpha value is -2.31. The lowest BCUT2D eigenvalue weighted by Gasteiger charge is -2.44. The van der Waals surface area contributed by atoms with Crippen LogP contribution in [0.5, 0.6) is 17.2 Å². The molecule has 0 saturated carbocycles. The molecule has 10 N–H and O–H groups in total. The smallest absolute Gasteiger partial charge is 0.338 e. The van der Waals surface area contributed by atoms with E-state index in [4.69, 9.17) is 18.9 Å². The molecule has 9 atom stereocenters. The Morgan fingerprint density at radius 1 is 0.912 bits per heavy atom. The minimum Gasteiger partial charge on any atom is -0.504 e. The number of aromatic hydroxyl groups is 3. The van der Waals surface area contributed by atoms with Crippen LogP contribution in [-0.2, 0) is 18.9 Å². The number of hydrogen-bond acceptors (Lipinski definition) is 15. The predicted molar refractivity (Wildman–Crippen MR) is 103 cm³/mol. The van der Waals surface area contributed by atoms with Gasteiger partial charge < -0.3 is 70.0 Å². The highest BCUT2D eigenvalue weighted by Gasteiger charge is 2.59. The molecule has 0 amide bonds. The normalized spacial score (nSPS) is 38.1. The van der Waals surface area contributed by atoms with Crippen LogP contribution >= 0.6 is 0 Å². The summed E-state index contributed by atoms with van der Waals surface area (Å²) in [5, 5.41) is 98.3. The minimum absolute atomic E-state index is 0.498. The van der Waals surface area contributed by atoms with Gasteiger partial charge in [0.05, 0.1) is 18.8 Å². The first-order valence-corrected chi connectivity index (χ1v) is 10.0. The molecular weight excluding hydrogens is 468 g/mol. The Bertz CT molecular complexity index is 856. The van der Waals surface area contributed by atoms with Crippen molar-refractivity contribution in [3.63, 3.8) is 0 Å². The third kappa shape index (κ3) is 4.63. The van der Waals surface area contributed by atoms with Crippen molar-refractivity contribution in [3.05, 3.63) is 17.7 Å². The molecule has 15 heteroatoms. The standard InChI is InChI=1S/C19H26O15/c20-3-9-12(26)14(28)15(32-17(30)6-1-7(23)11(25)8(24)2-6)18(31-9)34-19(5-22)16(29)13(27)10(4-21)33-19/h1-2,9-10,12-16,18,20-29H,3-5H2/t9-,10+,12-,13-,14-,15-,16-,18+,19+/m0/s1. The van der Waals surface area contributed by atoms with Gasteiger partial charge in [-0.2, -0.15) is 0 Å². The van der Waals surface area contributed by atoms with E-state index in [1.54, 1.807) is 0 Å². The molecule has 0 unspecified atom stereocenters. The molecule has 0 bridgehead atoms. The molecule has 2 fully saturated rings. The van der Waals surface area contributed by atoms with Gasteiger partial charge in [-0.15, -0.1) is 0 Å². The second-order valence-electron chi connectivity index (χ2n) is 7.80. The molecule has 192 valence electrons. The molecule has 2 aliphatic rings. The first-order chi connectivity index (χ1) is 16.0. The molecule has 2 heterocycles. The number of hydrogen-bond donors (Lipinski definition) is 10. The average Bonchev–Trinajstić information content (AvgIpc) is 3.06. The number of esters is 1. The number of carbonyl (C=O) groups is 1. The number of carbonyl (C=O) groups excluding carboxylic acids is 1. The first-order valence-electron chi connectivity index (χ1n) is 10.0. The fraction of sp³-hybridized carbons (Fsp3) is 0.632. The summed E-state index contributed by atoms with van der Waals surface area (Å²) in [4.78, 5) is 12.6. The van der Waals surface area contributed by atoms with Crippen LogP contribution in [0.3, 0.4) is 0 Å². The summed E-state index contributed by atoms with van der Waals surface area (Å²) in [7, 11) is 0. The Labute approximate surface area is 191 Å². The Kier molecular flexibility index (Phi) is 7.83. The SMILES string of the molecule is O=C(O[C@@H]1[C@@H](O[C@@]2(CO)O[C@H](CO)[C@H](O)[C@@H]2O)O[C@@H](CO)[C@H](O)[C@@H]1O)c1cc(O)c(O)c(O)c1. The van der Waals surface area contributed by atoms with Crippen LogP contribution < -0.4 is 0 Å². The van der Waals surface area contributed by atoms with Crippen molar-refractivity contribution >= 4 is 5.97 Å². The zero-order valence-corrected chi connectivity index (χ0v) is 17.4. The average molecular weight is 494 g/mol. The third-order valence-electron chi connectivity index (χ3n) is 5.59. The van der Waals surface area contributed by atoms with E-state index in [1.807, 2.05) is 0 Å². The van der Waals surface area contributed by atoms with Gasteiger partial charge in [-0.05, 0) is 12.1 Å². The van der Waals surface area contributed by atoms with Crippen LogP contribution in [0.4, 0.5) is 0 Å². The summed E-state index contributed by atoms with van der Waals surface area (Å²) in [6.45, 7) is -2.72. The number of benzene rings is 1. The molecule has 0 aliphatic carbocycles. The number of ether oxygens (including phenoxy) is 4. The van der Waals surface area contributed by atoms with Crippen molar-refractivity contribution < 1.29 is 74.8 Å². The van der Waals surface area contributed by atoms with Crippen molar-refractivity contribution in [1.29, 1.82) is 0 Å². The zero-order valence-electron chi connectivity index (χ0n) is 17.4. The summed E-state index contributed by atoms with van der Waals surface area (Å²) >= 11 is 0. The summed E-state index contributed by atoms with van der Waals surface area (Å²) in [5.41, 5.74) is -0.498. The van der Waals surface area contributed by atoms with Crippen molar-refractivity contribution in [2.24, 2.45) is 0 Å². The van der Waals surface area contributed by atoms with E-state index in [0.717, 1.165) is 12.1 Å². The van der Waals surface area contributed by atoms with Crippen molar-refractivity contribution in [2.75, 3.05) is 19.8 Å². The maximum absolute atomic E-state index is 12.6. The second-order valence-corrected chi connectivity index (χ2v) is 7.80. The summed E-state index contributed by atoms with van der Waals surface area (Å²) in [5.74, 6) is -6.38. The third-order valence-corrected chi connectivity index (χ3v) is 5.59. The molecule has 3 rings (SSSR count). The molecule has 0 radical (unpaired) electrons. The van der Waals surface area contributed by atoms with Gasteiger partial charge in [0.15, 0.2) is 23.4 Å². The lowest BCUT2D eigenvalue weighted by molar-refractivity contribution is -0.382. The highest BCUT2D eigenvalue weighted by molar-refractivity contribution is 5.91. The molecule has 2 aliphatic heterocycles. The van der Waals surface area contributed by atoms with Crippen molar-refractivity contribution in [3.8, 4) is 17.2 Å². The number of aliphatic hydroxyl groups is 7. The van der Waals surface area contributed by atoms with Crippen LogP contribution in [0.25, 0.3) is 0 Å². The van der Waals surface area contributed by atoms with Gasteiger partial charge in [-0.25, -0.2) is 4.79 Å². The van der Waals surface area contributed by atoms with Gasteiger partial charge >= 0.3 is 5.97 Å². The Morgan fingerprint density at radius 3 is 2.00 bits per heavy atom. The molecule has 0 spiro atoms. The lowest BCUT2D eigenvalue weighted by atomic mass is 9.98. The van der Waals surface area contributed by atoms with E-state index in [0.29, 0.717) is 0 Å². The fourth-order valence-electron chi connectivity index (χ4n) is 3.66. The van der Waals surface area contributed by atoms with Gasteiger partial charge in [0, 0.05) is 0 Å². The maximum atomic E-state index is 12.6. The number of aliphatic hydroxyl groups excluding tert-OH is 7. The zero-order chi connectivity index (χ0) is 25.4. The minimum atomic E-state index is -2.43. The second kappa shape index (κ2) is 10.1. The van der Waals surface area contributed by atoms with Crippen LogP contribution in [0.2, 0.25) is 0 Å². The van der Waals surface area contributed by atoms with Gasteiger partial charge in [0.25, 0.3) is 0 Å². The molecule has 0 aromatic heterocycles. The lowest BCUT2D eigenvalue weighted by Crippen LogP contribution is -2.63. The van der Waals surface area contributed by atoms with Crippen LogP contribution in [0, 0.1) is 0 Å². The first kappa shape index (κ1) is 26.3. The summed E-state index contributed by atoms with van der Waals surface area (Å²) < 4.78 is 21.1. The van der Waals surface area contributed by atoms with Crippen LogP contribution in [-0.4, -0.2) is 132 Å². The summed E-state index contributed by atoms with van der Waals surface area (Å²) in [6, 6.07) is 1.47. The van der Waals surface area contributed by atoms with E-state index in [9.17, 15) is 55.9 Å². The highest BCUT2D eigenvalue weighted by atomic mass is 16.8. The molecular formula is C19H26O15. The van der Waals surface area contributed by atoms with Gasteiger partial charge in [0.2, 0.25) is 12.1 Å². The fourth-order valence-corrected chi connectivity index (χ4v) is 3.66. The molecule has 1 aromatic carbocycles. The molecule has 1 aromatic rings. The van der Waals surface area contributed by atoms with Gasteiger partial charge in [-0.3, -0.25) is 0 Å². The van der Waals surface area contributed by atoms with Crippen molar-refractivity contribution in [1.82, 2.24) is 0 Å². The van der Waals surface area contributed by atoms with E-state index in [-0.39, 0.29) is 0 Å². The van der Waals surface area contributed by atoms with Gasteiger partial charge in [0.1, 0.15) is 43.2 Å². The van der Waals surface area contributed by atoms with E-state index < -0.39 is 103 Å². The monoisotopic (exact) mass is 494 g/mol. The Balaban J connectivity index is 1.91. The number of rotatable bonds is 7. The highest BCUT2D eigenvalue weighted by Crippen LogP contribution is 2.38. The van der Waals surface area contributed by atoms with E-state index >= 15 is 0 Å². The predicted octanol–water partition coefficient (Wildman–Crippen LogP) is -4.41. The van der Waals surface area contributed by atoms with Crippen LogP contribution in [0.15, 0.2) is 12.1 Å². The van der Waals surface area contributed by atoms with Gasteiger partial charge in [-0.1, -0.05) is 0 Å². The van der Waals surface area contributed by atoms with Crippen LogP contribution in [0.1, 0.15) is 10.4 Å². The van der Waals surface area contributed by atoms with E-state index in [1.165, 1.54) is 0 Å². The molecule has 2 saturated heterocycles. The summed E-state index contributed by atoms with van der Waals surface area (Å²) in [6.07, 6.45) is -14.1. The molecule has 15 nitrogen and oxygen atoms in total. The van der Waals surface area contributed by atoms with E-state index in [2.05, 4.69) is 0 Å². The van der Waals surface area contributed by atoms with Crippen molar-refractivity contribution in [2.45, 2.75) is 54.8 Å². The number of phenolic OH excluding ortho intramolecular Hbond substituents is 3. The quantitative estimate of drug-likeness (QED) is 0.127. The molecule has 34 heavy (non-hydrogen) atoms. The largest absolute Gasteiger partial charge is 0.504 e. The number of phenols is 3. The topological polar surface area (TPSA) is 256 Å². The Morgan fingerprint density at radius 2 is 1.50 bits per heavy atom.